The van der Waals surface area contributed by atoms with Crippen LogP contribution in [0.5, 0.6) is 5.75 Å². The normalized spacial score (nSPS) is 12.4. The zero-order chi connectivity index (χ0) is 26.1. The first kappa shape index (κ1) is 26.4. The molecule has 0 radical (unpaired) electrons. The number of rotatable bonds is 14. The fourth-order valence-electron chi connectivity index (χ4n) is 4.03. The number of benzene rings is 3. The number of sulfone groups is 1. The van der Waals surface area contributed by atoms with E-state index in [2.05, 4.69) is 10.3 Å². The molecule has 0 fully saturated rings. The van der Waals surface area contributed by atoms with Crippen molar-refractivity contribution in [1.29, 1.82) is 0 Å². The number of aromatic nitrogens is 1. The van der Waals surface area contributed by atoms with Gasteiger partial charge in [0.15, 0.2) is 21.5 Å². The number of hydrogen-bond acceptors (Lipinski definition) is 7. The first-order valence-corrected chi connectivity index (χ1v) is 13.9. The third-order valence-electron chi connectivity index (χ3n) is 5.91. The highest BCUT2D eigenvalue weighted by molar-refractivity contribution is 7.91. The predicted molar refractivity (Wildman–Crippen MR) is 141 cm³/mol. The van der Waals surface area contributed by atoms with Crippen molar-refractivity contribution in [2.45, 2.75) is 36.7 Å². The highest BCUT2D eigenvalue weighted by Crippen LogP contribution is 2.27. The van der Waals surface area contributed by atoms with Gasteiger partial charge in [-0.25, -0.2) is 18.2 Å². The molecule has 3 aromatic carbocycles. The van der Waals surface area contributed by atoms with Crippen molar-refractivity contribution in [3.8, 4) is 5.75 Å². The third-order valence-corrected chi connectivity index (χ3v) is 7.76. The number of ether oxygens (including phenoxy) is 1. The summed E-state index contributed by atoms with van der Waals surface area (Å²) >= 11 is 0. The summed E-state index contributed by atoms with van der Waals surface area (Å²) in [5.41, 5.74) is 1.32. The van der Waals surface area contributed by atoms with Crippen molar-refractivity contribution in [2.24, 2.45) is 0 Å². The zero-order valence-corrected chi connectivity index (χ0v) is 21.2. The Balaban J connectivity index is 1.24. The van der Waals surface area contributed by atoms with E-state index in [0.717, 1.165) is 24.2 Å². The van der Waals surface area contributed by atoms with Gasteiger partial charge in [-0.1, -0.05) is 48.9 Å². The zero-order valence-electron chi connectivity index (χ0n) is 20.4. The number of nitrogens with one attached hydrogen (secondary N) is 1. The van der Waals surface area contributed by atoms with Crippen LogP contribution in [0.1, 0.15) is 48.0 Å². The quantitative estimate of drug-likeness (QED) is 0.215. The van der Waals surface area contributed by atoms with Crippen molar-refractivity contribution in [2.75, 3.05) is 18.8 Å². The van der Waals surface area contributed by atoms with Crippen molar-refractivity contribution >= 4 is 26.9 Å². The molecule has 4 aromatic rings. The van der Waals surface area contributed by atoms with E-state index < -0.39 is 15.8 Å². The van der Waals surface area contributed by atoms with Crippen LogP contribution in [-0.2, 0) is 9.84 Å². The van der Waals surface area contributed by atoms with E-state index in [0.29, 0.717) is 37.3 Å². The summed E-state index contributed by atoms with van der Waals surface area (Å²) in [5, 5.41) is 12.6. The Hall–Kier alpha value is -3.69. The van der Waals surface area contributed by atoms with Gasteiger partial charge in [0, 0.05) is 6.42 Å². The van der Waals surface area contributed by atoms with Crippen LogP contribution in [0.15, 0.2) is 88.2 Å². The molecule has 9 heteroatoms. The number of fused-ring (bicyclic) bond motifs is 1. The lowest BCUT2D eigenvalue weighted by Crippen LogP contribution is -2.21. The average molecular weight is 523 g/mol. The number of hydrogen-bond donors (Lipinski definition) is 2. The first-order chi connectivity index (χ1) is 17.9. The van der Waals surface area contributed by atoms with Crippen LogP contribution in [0.2, 0.25) is 0 Å². The van der Waals surface area contributed by atoms with Crippen LogP contribution in [0.3, 0.4) is 0 Å². The molecule has 1 heterocycles. The van der Waals surface area contributed by atoms with E-state index in [9.17, 15) is 18.3 Å². The van der Waals surface area contributed by atoms with E-state index in [1.54, 1.807) is 6.07 Å². The number of carbonyl (C=O) groups is 1. The first-order valence-electron chi connectivity index (χ1n) is 12.3. The summed E-state index contributed by atoms with van der Waals surface area (Å²) in [7, 11) is -3.65. The van der Waals surface area contributed by atoms with Gasteiger partial charge in [-0.05, 0) is 62.3 Å². The van der Waals surface area contributed by atoms with Gasteiger partial charge in [0.05, 0.1) is 16.2 Å². The van der Waals surface area contributed by atoms with Crippen LogP contribution in [0.4, 0.5) is 0 Å². The maximum absolute atomic E-state index is 12.6. The van der Waals surface area contributed by atoms with Crippen LogP contribution in [-0.4, -0.2) is 43.3 Å². The van der Waals surface area contributed by atoms with E-state index in [1.165, 1.54) is 18.2 Å². The number of carboxylic acid groups (broad SMARTS) is 1. The standard InChI is InChI=1S/C28H30N2O6S/c31-28(32)22-13-5-8-16-26(22)37(33,34)20-10-2-9-18-29-19-17-25(35-21-11-3-1-4-12-21)27-30-23-14-6-7-15-24(23)36-27/h1,3-8,11-16,25,29H,2,9-10,17-20H2,(H,31,32). The fourth-order valence-corrected chi connectivity index (χ4v) is 5.61. The number of para-hydroxylation sites is 3. The second-order valence-corrected chi connectivity index (χ2v) is 10.7. The molecule has 2 N–H and O–H groups in total. The molecule has 0 bridgehead atoms. The average Bonchev–Trinajstić information content (AvgIpc) is 3.34. The number of carboxylic acids is 1. The van der Waals surface area contributed by atoms with Gasteiger partial charge in [-0.2, -0.15) is 0 Å². The molecular formula is C28H30N2O6S. The van der Waals surface area contributed by atoms with Gasteiger partial charge in [-0.15, -0.1) is 0 Å². The van der Waals surface area contributed by atoms with Crippen molar-refractivity contribution in [1.82, 2.24) is 10.3 Å². The summed E-state index contributed by atoms with van der Waals surface area (Å²) in [4.78, 5) is 15.8. The van der Waals surface area contributed by atoms with Gasteiger partial charge in [0.1, 0.15) is 11.3 Å². The molecule has 0 aliphatic heterocycles. The number of aromatic carboxylic acids is 1. The molecule has 1 unspecified atom stereocenters. The molecule has 0 saturated heterocycles. The highest BCUT2D eigenvalue weighted by atomic mass is 32.2. The Morgan fingerprint density at radius 2 is 1.65 bits per heavy atom. The number of nitrogens with zero attached hydrogens (tertiary/aromatic N) is 1. The summed E-state index contributed by atoms with van der Waals surface area (Å²) < 4.78 is 37.3. The smallest absolute Gasteiger partial charge is 0.337 e. The van der Waals surface area contributed by atoms with Gasteiger partial charge in [0.25, 0.3) is 0 Å². The lowest BCUT2D eigenvalue weighted by molar-refractivity contribution is 0.0692. The molecule has 37 heavy (non-hydrogen) atoms. The van der Waals surface area contributed by atoms with Gasteiger partial charge < -0.3 is 19.6 Å². The molecule has 0 aliphatic rings. The van der Waals surface area contributed by atoms with E-state index in [-0.39, 0.29) is 22.3 Å². The summed E-state index contributed by atoms with van der Waals surface area (Å²) in [6.45, 7) is 1.39. The molecule has 0 spiro atoms. The van der Waals surface area contributed by atoms with E-state index in [4.69, 9.17) is 9.15 Å². The second kappa shape index (κ2) is 12.5. The highest BCUT2D eigenvalue weighted by Gasteiger charge is 2.22. The summed E-state index contributed by atoms with van der Waals surface area (Å²) in [6.07, 6.45) is 2.24. The monoisotopic (exact) mass is 522 g/mol. The number of unbranched alkanes of at least 4 members (excludes halogenated alkanes) is 2. The molecule has 4 rings (SSSR count). The molecule has 8 nitrogen and oxygen atoms in total. The minimum Gasteiger partial charge on any atom is -0.481 e. The van der Waals surface area contributed by atoms with E-state index >= 15 is 0 Å². The minimum absolute atomic E-state index is 0.0813. The molecule has 194 valence electrons. The van der Waals surface area contributed by atoms with Gasteiger partial charge >= 0.3 is 5.97 Å². The summed E-state index contributed by atoms with van der Waals surface area (Å²) in [5.74, 6) is -0.0583. The molecular weight excluding hydrogens is 492 g/mol. The fraction of sp³-hybridized carbons (Fsp3) is 0.286. The molecule has 1 aromatic heterocycles. The van der Waals surface area contributed by atoms with Crippen LogP contribution in [0, 0.1) is 0 Å². The molecule has 1 atom stereocenters. The third kappa shape index (κ3) is 7.18. The van der Waals surface area contributed by atoms with E-state index in [1.807, 2.05) is 54.6 Å². The maximum atomic E-state index is 12.6. The predicted octanol–water partition coefficient (Wildman–Crippen LogP) is 5.27. The Labute approximate surface area is 216 Å². The SMILES string of the molecule is O=C(O)c1ccccc1S(=O)(=O)CCCCCNCCC(Oc1ccccc1)c1nc2ccccc2o1. The lowest BCUT2D eigenvalue weighted by Gasteiger charge is -2.16. The van der Waals surface area contributed by atoms with Crippen LogP contribution < -0.4 is 10.1 Å². The van der Waals surface area contributed by atoms with Gasteiger partial charge in [-0.3, -0.25) is 0 Å². The number of oxazole rings is 1. The molecule has 0 amide bonds. The summed E-state index contributed by atoms with van der Waals surface area (Å²) in [6, 6.07) is 22.9. The Morgan fingerprint density at radius 1 is 0.919 bits per heavy atom. The largest absolute Gasteiger partial charge is 0.481 e. The van der Waals surface area contributed by atoms with Gasteiger partial charge in [0.2, 0.25) is 5.89 Å². The van der Waals surface area contributed by atoms with Crippen molar-refractivity contribution < 1.29 is 27.5 Å². The van der Waals surface area contributed by atoms with Crippen LogP contribution in [0.25, 0.3) is 11.1 Å². The van der Waals surface area contributed by atoms with Crippen molar-refractivity contribution in [3.63, 3.8) is 0 Å². The molecule has 0 saturated carbocycles. The Morgan fingerprint density at radius 3 is 2.43 bits per heavy atom. The minimum atomic E-state index is -3.65. The second-order valence-electron chi connectivity index (χ2n) is 8.66. The Bertz CT molecular complexity index is 1390. The Kier molecular flexibility index (Phi) is 8.92. The topological polar surface area (TPSA) is 119 Å². The lowest BCUT2D eigenvalue weighted by atomic mass is 10.2. The molecule has 0 aliphatic carbocycles. The van der Waals surface area contributed by atoms with Crippen LogP contribution >= 0.6 is 0 Å². The van der Waals surface area contributed by atoms with Crippen molar-refractivity contribution in [3.05, 3.63) is 90.3 Å². The maximum Gasteiger partial charge on any atom is 0.337 e.